The zero-order valence-corrected chi connectivity index (χ0v) is 12.5. The Morgan fingerprint density at radius 1 is 0.913 bits per heavy atom. The van der Waals surface area contributed by atoms with Crippen molar-refractivity contribution in [3.63, 3.8) is 0 Å². The van der Waals surface area contributed by atoms with Crippen molar-refractivity contribution in [3.05, 3.63) is 71.8 Å². The second kappa shape index (κ2) is 5.93. The summed E-state index contributed by atoms with van der Waals surface area (Å²) < 4.78 is 0. The summed E-state index contributed by atoms with van der Waals surface area (Å²) in [7, 11) is 0. The Hall–Kier alpha value is -3.14. The molecule has 0 atom stereocenters. The van der Waals surface area contributed by atoms with Crippen molar-refractivity contribution in [2.75, 3.05) is 5.32 Å². The van der Waals surface area contributed by atoms with Gasteiger partial charge in [-0.05, 0) is 42.0 Å². The number of phenols is 1. The summed E-state index contributed by atoms with van der Waals surface area (Å²) in [5, 5.41) is 14.5. The Kier molecular flexibility index (Phi) is 3.81. The molecule has 0 saturated heterocycles. The molecule has 0 radical (unpaired) electrons. The average molecular weight is 305 g/mol. The SMILES string of the molecule is CC(=O)c1cccc(NC(=O)c2cc3ccccc3cc2O)c1. The number of Topliss-reactive ketones (excluding diaryl/α,β-unsaturated/α-hetero) is 1. The first-order valence-corrected chi connectivity index (χ1v) is 7.19. The minimum atomic E-state index is -0.422. The highest BCUT2D eigenvalue weighted by Crippen LogP contribution is 2.26. The van der Waals surface area contributed by atoms with Gasteiger partial charge in [-0.25, -0.2) is 0 Å². The average Bonchev–Trinajstić information content (AvgIpc) is 2.54. The van der Waals surface area contributed by atoms with E-state index in [-0.39, 0.29) is 17.1 Å². The molecule has 4 heteroatoms. The first kappa shape index (κ1) is 14.8. The molecule has 0 fully saturated rings. The Morgan fingerprint density at radius 2 is 1.61 bits per heavy atom. The first-order chi connectivity index (χ1) is 11.0. The highest BCUT2D eigenvalue weighted by atomic mass is 16.3. The zero-order valence-electron chi connectivity index (χ0n) is 12.5. The standard InChI is InChI=1S/C19H15NO3/c1-12(21)13-7-4-8-16(9-13)20-19(23)17-10-14-5-2-3-6-15(14)11-18(17)22/h2-11,22H,1H3,(H,20,23). The van der Waals surface area contributed by atoms with Crippen molar-refractivity contribution in [1.29, 1.82) is 0 Å². The first-order valence-electron chi connectivity index (χ1n) is 7.19. The number of nitrogens with one attached hydrogen (secondary N) is 1. The van der Waals surface area contributed by atoms with Crippen LogP contribution in [-0.4, -0.2) is 16.8 Å². The Balaban J connectivity index is 1.93. The van der Waals surface area contributed by atoms with Gasteiger partial charge in [-0.15, -0.1) is 0 Å². The van der Waals surface area contributed by atoms with Crippen LogP contribution in [0.2, 0.25) is 0 Å². The lowest BCUT2D eigenvalue weighted by molar-refractivity contribution is 0.101. The summed E-state index contributed by atoms with van der Waals surface area (Å²) in [4.78, 5) is 23.8. The minimum absolute atomic E-state index is 0.0744. The van der Waals surface area contributed by atoms with Crippen LogP contribution in [0.5, 0.6) is 5.75 Å². The van der Waals surface area contributed by atoms with E-state index in [2.05, 4.69) is 5.32 Å². The number of carbonyl (C=O) groups is 2. The molecule has 23 heavy (non-hydrogen) atoms. The fourth-order valence-corrected chi connectivity index (χ4v) is 2.42. The molecule has 3 rings (SSSR count). The van der Waals surface area contributed by atoms with Gasteiger partial charge in [-0.1, -0.05) is 36.4 Å². The van der Waals surface area contributed by atoms with Crippen LogP contribution in [0.15, 0.2) is 60.7 Å². The third-order valence-corrected chi connectivity index (χ3v) is 3.64. The number of phenolic OH excluding ortho intramolecular Hbond substituents is 1. The number of hydrogen-bond acceptors (Lipinski definition) is 3. The molecule has 4 nitrogen and oxygen atoms in total. The summed E-state index contributed by atoms with van der Waals surface area (Å²) in [6.07, 6.45) is 0. The maximum atomic E-state index is 12.4. The van der Waals surface area contributed by atoms with Gasteiger partial charge >= 0.3 is 0 Å². The van der Waals surface area contributed by atoms with Crippen LogP contribution in [0, 0.1) is 0 Å². The molecule has 0 heterocycles. The Bertz CT molecular complexity index is 915. The zero-order chi connectivity index (χ0) is 16.4. The molecule has 0 aliphatic heterocycles. The van der Waals surface area contributed by atoms with Gasteiger partial charge < -0.3 is 10.4 Å². The van der Waals surface area contributed by atoms with Gasteiger partial charge in [0.15, 0.2) is 5.78 Å². The van der Waals surface area contributed by atoms with Gasteiger partial charge in [-0.3, -0.25) is 9.59 Å². The third kappa shape index (κ3) is 3.06. The summed E-state index contributed by atoms with van der Waals surface area (Å²) in [5.74, 6) is -0.576. The van der Waals surface area contributed by atoms with Gasteiger partial charge in [0.2, 0.25) is 0 Å². The molecular weight excluding hydrogens is 290 g/mol. The number of ketones is 1. The minimum Gasteiger partial charge on any atom is -0.507 e. The number of anilines is 1. The van der Waals surface area contributed by atoms with Crippen molar-refractivity contribution in [3.8, 4) is 5.75 Å². The lowest BCUT2D eigenvalue weighted by Crippen LogP contribution is -2.12. The van der Waals surface area contributed by atoms with E-state index in [0.29, 0.717) is 11.3 Å². The fourth-order valence-electron chi connectivity index (χ4n) is 2.42. The van der Waals surface area contributed by atoms with Crippen molar-refractivity contribution >= 4 is 28.2 Å². The summed E-state index contributed by atoms with van der Waals surface area (Å²) >= 11 is 0. The van der Waals surface area contributed by atoms with E-state index in [1.807, 2.05) is 24.3 Å². The van der Waals surface area contributed by atoms with E-state index in [0.717, 1.165) is 10.8 Å². The van der Waals surface area contributed by atoms with Crippen LogP contribution in [0.3, 0.4) is 0 Å². The quantitative estimate of drug-likeness (QED) is 0.719. The van der Waals surface area contributed by atoms with E-state index in [4.69, 9.17) is 0 Å². The molecule has 3 aromatic rings. The maximum Gasteiger partial charge on any atom is 0.259 e. The molecule has 3 aromatic carbocycles. The third-order valence-electron chi connectivity index (χ3n) is 3.64. The molecule has 0 aromatic heterocycles. The normalized spacial score (nSPS) is 10.5. The smallest absolute Gasteiger partial charge is 0.259 e. The number of carbonyl (C=O) groups excluding carboxylic acids is 2. The number of benzene rings is 3. The number of amides is 1. The second-order valence-corrected chi connectivity index (χ2v) is 5.31. The van der Waals surface area contributed by atoms with E-state index in [1.54, 1.807) is 36.4 Å². The van der Waals surface area contributed by atoms with Gasteiger partial charge in [0.05, 0.1) is 5.56 Å². The fraction of sp³-hybridized carbons (Fsp3) is 0.0526. The number of hydrogen-bond donors (Lipinski definition) is 2. The second-order valence-electron chi connectivity index (χ2n) is 5.31. The van der Waals surface area contributed by atoms with E-state index in [9.17, 15) is 14.7 Å². The number of aromatic hydroxyl groups is 1. The topological polar surface area (TPSA) is 66.4 Å². The van der Waals surface area contributed by atoms with Crippen molar-refractivity contribution in [2.24, 2.45) is 0 Å². The molecule has 0 aliphatic rings. The molecule has 0 unspecified atom stereocenters. The van der Waals surface area contributed by atoms with Gasteiger partial charge in [0.25, 0.3) is 5.91 Å². The van der Waals surface area contributed by atoms with Gasteiger partial charge in [0, 0.05) is 11.3 Å². The molecule has 0 aliphatic carbocycles. The van der Waals surface area contributed by atoms with Crippen molar-refractivity contribution in [2.45, 2.75) is 6.92 Å². The lowest BCUT2D eigenvalue weighted by atomic mass is 10.1. The molecule has 0 bridgehead atoms. The number of fused-ring (bicyclic) bond motifs is 1. The van der Waals surface area contributed by atoms with Crippen LogP contribution in [0.4, 0.5) is 5.69 Å². The highest BCUT2D eigenvalue weighted by molar-refractivity contribution is 6.09. The van der Waals surface area contributed by atoms with Crippen LogP contribution >= 0.6 is 0 Å². The monoisotopic (exact) mass is 305 g/mol. The predicted octanol–water partition coefficient (Wildman–Crippen LogP) is 4.00. The maximum absolute atomic E-state index is 12.4. The van der Waals surface area contributed by atoms with E-state index < -0.39 is 5.91 Å². The molecule has 0 saturated carbocycles. The van der Waals surface area contributed by atoms with Crippen LogP contribution in [0.1, 0.15) is 27.6 Å². The molecule has 0 spiro atoms. The molecule has 2 N–H and O–H groups in total. The van der Waals surface area contributed by atoms with Gasteiger partial charge in [-0.2, -0.15) is 0 Å². The Labute approximate surface area is 133 Å². The highest BCUT2D eigenvalue weighted by Gasteiger charge is 2.13. The molecule has 114 valence electrons. The van der Waals surface area contributed by atoms with Crippen molar-refractivity contribution < 1.29 is 14.7 Å². The van der Waals surface area contributed by atoms with Crippen LogP contribution in [-0.2, 0) is 0 Å². The summed E-state index contributed by atoms with van der Waals surface area (Å²) in [6, 6.07) is 17.4. The lowest BCUT2D eigenvalue weighted by Gasteiger charge is -2.09. The molecule has 1 amide bonds. The van der Waals surface area contributed by atoms with E-state index in [1.165, 1.54) is 6.92 Å². The Morgan fingerprint density at radius 3 is 2.30 bits per heavy atom. The van der Waals surface area contributed by atoms with Crippen LogP contribution in [0.25, 0.3) is 10.8 Å². The predicted molar refractivity (Wildman–Crippen MR) is 90.0 cm³/mol. The molecular formula is C19H15NO3. The van der Waals surface area contributed by atoms with E-state index >= 15 is 0 Å². The largest absolute Gasteiger partial charge is 0.507 e. The summed E-state index contributed by atoms with van der Waals surface area (Å²) in [5.41, 5.74) is 1.22. The van der Waals surface area contributed by atoms with Gasteiger partial charge in [0.1, 0.15) is 5.75 Å². The van der Waals surface area contributed by atoms with Crippen LogP contribution < -0.4 is 5.32 Å². The van der Waals surface area contributed by atoms with Crippen molar-refractivity contribution in [1.82, 2.24) is 0 Å². The number of rotatable bonds is 3. The summed E-state index contributed by atoms with van der Waals surface area (Å²) in [6.45, 7) is 1.47.